The van der Waals surface area contributed by atoms with E-state index >= 15 is 0 Å². The lowest BCUT2D eigenvalue weighted by Crippen LogP contribution is -1.92. The van der Waals surface area contributed by atoms with E-state index in [1.165, 1.54) is 11.9 Å². The lowest BCUT2D eigenvalue weighted by molar-refractivity contribution is 0.0696. The fourth-order valence-corrected chi connectivity index (χ4v) is 1.59. The van der Waals surface area contributed by atoms with Gasteiger partial charge in [0, 0.05) is 23.9 Å². The van der Waals surface area contributed by atoms with Crippen LogP contribution in [0.3, 0.4) is 0 Å². The van der Waals surface area contributed by atoms with Gasteiger partial charge < -0.3 is 5.11 Å². The van der Waals surface area contributed by atoms with Gasteiger partial charge in [-0.3, -0.25) is 4.99 Å². The van der Waals surface area contributed by atoms with E-state index in [4.69, 9.17) is 5.11 Å². The highest BCUT2D eigenvalue weighted by Gasteiger charge is 2.01. The average molecular weight is 216 g/mol. The van der Waals surface area contributed by atoms with Crippen LogP contribution in [-0.4, -0.2) is 33.9 Å². The first-order valence-electron chi connectivity index (χ1n) is 3.53. The fraction of sp³-hybridized carbons (Fsp3) is 0.286. The highest BCUT2D eigenvalue weighted by atomic mass is 32.2. The van der Waals surface area contributed by atoms with Gasteiger partial charge in [-0.05, 0) is 0 Å². The van der Waals surface area contributed by atoms with Crippen molar-refractivity contribution in [2.45, 2.75) is 0 Å². The molecule has 1 N–H and O–H groups in total. The van der Waals surface area contributed by atoms with Crippen molar-refractivity contribution in [3.63, 3.8) is 0 Å². The Morgan fingerprint density at radius 1 is 1.62 bits per heavy atom. The molecule has 0 unspecified atom stereocenters. The first kappa shape index (κ1) is 10.2. The molecule has 0 fully saturated rings. The molecule has 4 nitrogen and oxygen atoms in total. The normalized spacial score (nSPS) is 13.5. The zero-order valence-electron chi connectivity index (χ0n) is 6.71. The van der Waals surface area contributed by atoms with Gasteiger partial charge in [0.2, 0.25) is 5.01 Å². The molecule has 13 heavy (non-hydrogen) atoms. The Hall–Kier alpha value is -0.880. The molecule has 1 aliphatic heterocycles. The molecule has 0 aromatic carbocycles. The standard InChI is InChI=1S/C4H3NO2S.C3H5NS/c6-4(7)3-5-1-2-8-3;1-2-5-3-4-1/h1-2H,(H,6,7);3H,1-2H2. The number of aromatic carboxylic acids is 1. The first-order valence-corrected chi connectivity index (χ1v) is 5.46. The summed E-state index contributed by atoms with van der Waals surface area (Å²) in [6, 6.07) is 0. The molecule has 0 amide bonds. The van der Waals surface area contributed by atoms with Gasteiger partial charge in [0.25, 0.3) is 0 Å². The Bertz CT molecular complexity index is 279. The topological polar surface area (TPSA) is 62.5 Å². The molecule has 2 heterocycles. The molecule has 0 radical (unpaired) electrons. The number of hydrogen-bond donors (Lipinski definition) is 1. The molecule has 0 saturated carbocycles. The van der Waals surface area contributed by atoms with Gasteiger partial charge in [-0.15, -0.1) is 23.1 Å². The van der Waals surface area contributed by atoms with Gasteiger partial charge >= 0.3 is 5.97 Å². The van der Waals surface area contributed by atoms with Gasteiger partial charge in [0.1, 0.15) is 0 Å². The molecule has 6 heteroatoms. The van der Waals surface area contributed by atoms with Gasteiger partial charge in [0.05, 0.1) is 5.55 Å². The highest BCUT2D eigenvalue weighted by molar-refractivity contribution is 8.12. The van der Waals surface area contributed by atoms with Gasteiger partial charge in [-0.2, -0.15) is 0 Å². The SMILES string of the molecule is C1=NCCS1.O=C(O)c1nccs1. The van der Waals surface area contributed by atoms with Crippen LogP contribution in [0.5, 0.6) is 0 Å². The predicted octanol–water partition coefficient (Wildman–Crippen LogP) is 1.60. The molecule has 0 bridgehead atoms. The van der Waals surface area contributed by atoms with Crippen molar-refractivity contribution in [1.29, 1.82) is 0 Å². The van der Waals surface area contributed by atoms with Crippen molar-refractivity contribution in [2.75, 3.05) is 12.3 Å². The number of nitrogens with zero attached hydrogens (tertiary/aromatic N) is 2. The van der Waals surface area contributed by atoms with E-state index in [1.807, 2.05) is 5.55 Å². The van der Waals surface area contributed by atoms with Crippen LogP contribution in [-0.2, 0) is 0 Å². The van der Waals surface area contributed by atoms with Crippen LogP contribution in [0, 0.1) is 0 Å². The summed E-state index contributed by atoms with van der Waals surface area (Å²) < 4.78 is 0. The molecular weight excluding hydrogens is 208 g/mol. The van der Waals surface area contributed by atoms with Crippen LogP contribution < -0.4 is 0 Å². The third kappa shape index (κ3) is 4.05. The number of carboxylic acid groups (broad SMARTS) is 1. The highest BCUT2D eigenvalue weighted by Crippen LogP contribution is 2.01. The summed E-state index contributed by atoms with van der Waals surface area (Å²) in [5.41, 5.74) is 1.90. The molecular formula is C7H8N2O2S2. The lowest BCUT2D eigenvalue weighted by atomic mass is 10.7. The van der Waals surface area contributed by atoms with Crippen LogP contribution in [0.15, 0.2) is 16.6 Å². The van der Waals surface area contributed by atoms with Crippen molar-refractivity contribution in [2.24, 2.45) is 4.99 Å². The number of hydrogen-bond acceptors (Lipinski definition) is 5. The number of carboxylic acids is 1. The Labute approximate surface area is 83.7 Å². The minimum Gasteiger partial charge on any atom is -0.476 e. The van der Waals surface area contributed by atoms with E-state index in [0.29, 0.717) is 0 Å². The zero-order valence-corrected chi connectivity index (χ0v) is 8.35. The van der Waals surface area contributed by atoms with Gasteiger partial charge in [0.15, 0.2) is 0 Å². The van der Waals surface area contributed by atoms with E-state index in [9.17, 15) is 4.79 Å². The second-order valence-corrected chi connectivity index (χ2v) is 3.87. The van der Waals surface area contributed by atoms with Crippen molar-refractivity contribution >= 4 is 34.6 Å². The van der Waals surface area contributed by atoms with Gasteiger partial charge in [-0.25, -0.2) is 9.78 Å². The smallest absolute Gasteiger partial charge is 0.364 e. The Morgan fingerprint density at radius 2 is 2.46 bits per heavy atom. The number of thioether (sulfide) groups is 1. The van der Waals surface area contributed by atoms with Crippen LogP contribution >= 0.6 is 23.1 Å². The molecule has 0 atom stereocenters. The molecule has 1 aromatic heterocycles. The van der Waals surface area contributed by atoms with Gasteiger partial charge in [-0.1, -0.05) is 0 Å². The monoisotopic (exact) mass is 216 g/mol. The Kier molecular flexibility index (Phi) is 4.48. The van der Waals surface area contributed by atoms with Crippen LogP contribution in [0.25, 0.3) is 0 Å². The largest absolute Gasteiger partial charge is 0.476 e. The number of rotatable bonds is 1. The van der Waals surface area contributed by atoms with E-state index in [-0.39, 0.29) is 5.01 Å². The molecule has 1 aliphatic rings. The van der Waals surface area contributed by atoms with Crippen molar-refractivity contribution in [1.82, 2.24) is 4.98 Å². The summed E-state index contributed by atoms with van der Waals surface area (Å²) in [7, 11) is 0. The summed E-state index contributed by atoms with van der Waals surface area (Å²) in [5.74, 6) is 0.236. The number of carbonyl (C=O) groups is 1. The second-order valence-electron chi connectivity index (χ2n) is 2.02. The maximum Gasteiger partial charge on any atom is 0.364 e. The molecule has 2 rings (SSSR count). The van der Waals surface area contributed by atoms with Crippen molar-refractivity contribution in [3.8, 4) is 0 Å². The number of aliphatic imine (C=N–C) groups is 1. The third-order valence-corrected chi connectivity index (χ3v) is 2.58. The van der Waals surface area contributed by atoms with E-state index in [2.05, 4.69) is 9.98 Å². The van der Waals surface area contributed by atoms with E-state index in [1.54, 1.807) is 17.1 Å². The predicted molar refractivity (Wildman–Crippen MR) is 54.9 cm³/mol. The molecule has 0 saturated heterocycles. The maximum absolute atomic E-state index is 10.0. The fourth-order valence-electron chi connectivity index (χ4n) is 0.593. The Balaban J connectivity index is 0.000000145. The number of aromatic nitrogens is 1. The van der Waals surface area contributed by atoms with Crippen LogP contribution in [0.4, 0.5) is 0 Å². The summed E-state index contributed by atoms with van der Waals surface area (Å²) in [4.78, 5) is 17.5. The second kappa shape index (κ2) is 5.71. The van der Waals surface area contributed by atoms with Crippen molar-refractivity contribution < 1.29 is 9.90 Å². The van der Waals surface area contributed by atoms with E-state index < -0.39 is 5.97 Å². The third-order valence-electron chi connectivity index (χ3n) is 1.10. The summed E-state index contributed by atoms with van der Waals surface area (Å²) in [6.45, 7) is 1.03. The minimum atomic E-state index is -0.958. The Morgan fingerprint density at radius 3 is 2.69 bits per heavy atom. The zero-order chi connectivity index (χ0) is 9.52. The molecule has 0 aliphatic carbocycles. The lowest BCUT2D eigenvalue weighted by Gasteiger charge is -1.77. The summed E-state index contributed by atoms with van der Waals surface area (Å²) in [6.07, 6.45) is 1.47. The average Bonchev–Trinajstić information content (AvgIpc) is 2.82. The molecule has 70 valence electrons. The van der Waals surface area contributed by atoms with Crippen LogP contribution in [0.1, 0.15) is 9.80 Å². The number of thiazole rings is 1. The van der Waals surface area contributed by atoms with Crippen LogP contribution in [0.2, 0.25) is 0 Å². The van der Waals surface area contributed by atoms with Crippen molar-refractivity contribution in [3.05, 3.63) is 16.6 Å². The summed E-state index contributed by atoms with van der Waals surface area (Å²) >= 11 is 2.90. The molecule has 0 spiro atoms. The van der Waals surface area contributed by atoms with E-state index in [0.717, 1.165) is 17.9 Å². The quantitative estimate of drug-likeness (QED) is 0.774. The maximum atomic E-state index is 10.0. The first-order chi connectivity index (χ1) is 6.30. The minimum absolute atomic E-state index is 0.144. The summed E-state index contributed by atoms with van der Waals surface area (Å²) in [5, 5.41) is 9.99. The molecule has 1 aromatic rings.